The second kappa shape index (κ2) is 5.08. The van der Waals surface area contributed by atoms with Crippen LogP contribution in [0.1, 0.15) is 22.7 Å². The van der Waals surface area contributed by atoms with E-state index in [2.05, 4.69) is 50.7 Å². The zero-order valence-corrected chi connectivity index (χ0v) is 11.6. The fourth-order valence-electron chi connectivity index (χ4n) is 1.74. The Balaban J connectivity index is 2.36. The molecule has 2 aromatic heterocycles. The Labute approximate surface area is 108 Å². The maximum absolute atomic E-state index is 4.24. The summed E-state index contributed by atoms with van der Waals surface area (Å²) in [6.45, 7) is 2.06. The summed E-state index contributed by atoms with van der Waals surface area (Å²) in [7, 11) is 1.97. The van der Waals surface area contributed by atoms with Gasteiger partial charge in [0.1, 0.15) is 0 Å². The van der Waals surface area contributed by atoms with E-state index in [1.165, 1.54) is 16.7 Å². The Morgan fingerprint density at radius 1 is 1.31 bits per heavy atom. The van der Waals surface area contributed by atoms with Crippen molar-refractivity contribution in [3.8, 4) is 0 Å². The van der Waals surface area contributed by atoms with Crippen LogP contribution in [0.3, 0.4) is 0 Å². The number of nitrogens with zero attached hydrogens (tertiary/aromatic N) is 1. The van der Waals surface area contributed by atoms with Crippen LogP contribution >= 0.6 is 27.3 Å². The highest BCUT2D eigenvalue weighted by atomic mass is 79.9. The molecule has 0 bridgehead atoms. The molecule has 2 nitrogen and oxygen atoms in total. The Hall–Kier alpha value is -0.710. The molecule has 1 unspecified atom stereocenters. The molecule has 0 aromatic carbocycles. The Morgan fingerprint density at radius 3 is 2.69 bits per heavy atom. The maximum Gasteiger partial charge on any atom is 0.0701 e. The van der Waals surface area contributed by atoms with Gasteiger partial charge in [-0.3, -0.25) is 4.98 Å². The summed E-state index contributed by atoms with van der Waals surface area (Å²) in [5.74, 6) is 0. The molecule has 16 heavy (non-hydrogen) atoms. The first-order valence-corrected chi connectivity index (χ1v) is 6.70. The molecule has 4 heteroatoms. The Kier molecular flexibility index (Phi) is 3.74. The smallest absolute Gasteiger partial charge is 0.0701 e. The van der Waals surface area contributed by atoms with Crippen molar-refractivity contribution in [3.05, 3.63) is 50.4 Å². The summed E-state index contributed by atoms with van der Waals surface area (Å²) in [6.07, 6.45) is 3.79. The molecule has 2 rings (SSSR count). The van der Waals surface area contributed by atoms with E-state index in [9.17, 15) is 0 Å². The Bertz CT molecular complexity index is 481. The van der Waals surface area contributed by atoms with Crippen LogP contribution in [0, 0.1) is 6.92 Å². The van der Waals surface area contributed by atoms with E-state index in [0.29, 0.717) is 0 Å². The molecular formula is C12H13BrN2S. The van der Waals surface area contributed by atoms with Crippen LogP contribution in [0.25, 0.3) is 0 Å². The number of aryl methyl sites for hydroxylation is 1. The number of rotatable bonds is 3. The molecule has 2 heterocycles. The highest BCUT2D eigenvalue weighted by molar-refractivity contribution is 9.11. The highest BCUT2D eigenvalue weighted by Crippen LogP contribution is 2.29. The summed E-state index contributed by atoms with van der Waals surface area (Å²) in [6, 6.07) is 4.53. The van der Waals surface area contributed by atoms with Gasteiger partial charge in [-0.1, -0.05) is 6.07 Å². The zero-order valence-electron chi connectivity index (χ0n) is 9.20. The second-order valence-electron chi connectivity index (χ2n) is 3.70. The predicted molar refractivity (Wildman–Crippen MR) is 71.9 cm³/mol. The van der Waals surface area contributed by atoms with Gasteiger partial charge in [-0.25, -0.2) is 0 Å². The molecule has 1 N–H and O–H groups in total. The van der Waals surface area contributed by atoms with Gasteiger partial charge in [0, 0.05) is 12.4 Å². The number of hydrogen-bond acceptors (Lipinski definition) is 3. The number of halogens is 1. The number of aromatic nitrogens is 1. The van der Waals surface area contributed by atoms with Crippen LogP contribution in [0.15, 0.2) is 33.7 Å². The summed E-state index contributed by atoms with van der Waals surface area (Å²) in [5.41, 5.74) is 3.66. The lowest BCUT2D eigenvalue weighted by molar-refractivity contribution is 0.690. The van der Waals surface area contributed by atoms with Crippen LogP contribution < -0.4 is 5.32 Å². The first-order valence-electron chi connectivity index (χ1n) is 5.03. The third-order valence-electron chi connectivity index (χ3n) is 2.44. The summed E-state index contributed by atoms with van der Waals surface area (Å²) >= 11 is 5.19. The van der Waals surface area contributed by atoms with Gasteiger partial charge in [-0.15, -0.1) is 11.3 Å². The van der Waals surface area contributed by atoms with E-state index in [4.69, 9.17) is 0 Å². The molecule has 0 amide bonds. The molecule has 0 aliphatic carbocycles. The fourth-order valence-corrected chi connectivity index (χ4v) is 2.94. The van der Waals surface area contributed by atoms with Gasteiger partial charge < -0.3 is 5.32 Å². The quantitative estimate of drug-likeness (QED) is 0.937. The van der Waals surface area contributed by atoms with Gasteiger partial charge in [0.15, 0.2) is 0 Å². The van der Waals surface area contributed by atoms with E-state index >= 15 is 0 Å². The third kappa shape index (κ3) is 2.51. The molecule has 84 valence electrons. The molecule has 0 aliphatic rings. The largest absolute Gasteiger partial charge is 0.309 e. The predicted octanol–water partition coefficient (Wildman–Crippen LogP) is 3.52. The second-order valence-corrected chi connectivity index (χ2v) is 5.99. The zero-order chi connectivity index (χ0) is 11.5. The van der Waals surface area contributed by atoms with Gasteiger partial charge >= 0.3 is 0 Å². The molecule has 0 aliphatic heterocycles. The van der Waals surface area contributed by atoms with Crippen LogP contribution in [0.4, 0.5) is 0 Å². The van der Waals surface area contributed by atoms with Crippen molar-refractivity contribution >= 4 is 27.3 Å². The van der Waals surface area contributed by atoms with E-state index in [0.717, 1.165) is 3.79 Å². The molecule has 0 saturated heterocycles. The van der Waals surface area contributed by atoms with Crippen LogP contribution in [0.5, 0.6) is 0 Å². The van der Waals surface area contributed by atoms with Crippen molar-refractivity contribution in [2.24, 2.45) is 0 Å². The third-order valence-corrected chi connectivity index (χ3v) is 3.96. The van der Waals surface area contributed by atoms with E-state index in [1.807, 2.05) is 19.4 Å². The minimum atomic E-state index is 0.218. The van der Waals surface area contributed by atoms with Gasteiger partial charge in [-0.05, 0) is 58.0 Å². The standard InChI is InChI=1S/C12H13BrN2S/c1-8-3-9(6-15-5-8)12(14-2)10-4-11(13)16-7-10/h3-7,12,14H,1-2H3. The highest BCUT2D eigenvalue weighted by Gasteiger charge is 2.13. The van der Waals surface area contributed by atoms with Gasteiger partial charge in [-0.2, -0.15) is 0 Å². The van der Waals surface area contributed by atoms with Crippen molar-refractivity contribution < 1.29 is 0 Å². The number of pyridine rings is 1. The van der Waals surface area contributed by atoms with E-state index in [-0.39, 0.29) is 6.04 Å². The van der Waals surface area contributed by atoms with Crippen molar-refractivity contribution in [2.45, 2.75) is 13.0 Å². The lowest BCUT2D eigenvalue weighted by Gasteiger charge is -2.15. The molecule has 0 radical (unpaired) electrons. The summed E-state index contributed by atoms with van der Waals surface area (Å²) in [4.78, 5) is 4.24. The number of thiophene rings is 1. The van der Waals surface area contributed by atoms with Crippen LogP contribution in [0.2, 0.25) is 0 Å². The SMILES string of the molecule is CNC(c1cncc(C)c1)c1csc(Br)c1. The lowest BCUT2D eigenvalue weighted by Crippen LogP contribution is -2.17. The van der Waals surface area contributed by atoms with Gasteiger partial charge in [0.05, 0.1) is 9.83 Å². The topological polar surface area (TPSA) is 24.9 Å². The average Bonchev–Trinajstić information content (AvgIpc) is 2.66. The lowest BCUT2D eigenvalue weighted by atomic mass is 10.0. The summed E-state index contributed by atoms with van der Waals surface area (Å²) < 4.78 is 1.16. The molecule has 0 fully saturated rings. The molecule has 0 spiro atoms. The van der Waals surface area contributed by atoms with Crippen LogP contribution in [-0.2, 0) is 0 Å². The van der Waals surface area contributed by atoms with E-state index < -0.39 is 0 Å². The van der Waals surface area contributed by atoms with Crippen LogP contribution in [-0.4, -0.2) is 12.0 Å². The molecule has 1 atom stereocenters. The monoisotopic (exact) mass is 296 g/mol. The average molecular weight is 297 g/mol. The van der Waals surface area contributed by atoms with Gasteiger partial charge in [0.25, 0.3) is 0 Å². The minimum Gasteiger partial charge on any atom is -0.309 e. The minimum absolute atomic E-state index is 0.218. The van der Waals surface area contributed by atoms with Crippen molar-refractivity contribution in [2.75, 3.05) is 7.05 Å². The summed E-state index contributed by atoms with van der Waals surface area (Å²) in [5, 5.41) is 5.48. The van der Waals surface area contributed by atoms with E-state index in [1.54, 1.807) is 11.3 Å². The first kappa shape index (κ1) is 11.8. The first-order chi connectivity index (χ1) is 7.70. The van der Waals surface area contributed by atoms with Crippen molar-refractivity contribution in [1.82, 2.24) is 10.3 Å². The normalized spacial score (nSPS) is 12.7. The van der Waals surface area contributed by atoms with Crippen molar-refractivity contribution in [3.63, 3.8) is 0 Å². The molecular weight excluding hydrogens is 284 g/mol. The number of nitrogens with one attached hydrogen (secondary N) is 1. The fraction of sp³-hybridized carbons (Fsp3) is 0.250. The Morgan fingerprint density at radius 2 is 2.12 bits per heavy atom. The maximum atomic E-state index is 4.24. The van der Waals surface area contributed by atoms with Crippen molar-refractivity contribution in [1.29, 1.82) is 0 Å². The van der Waals surface area contributed by atoms with Gasteiger partial charge in [0.2, 0.25) is 0 Å². The molecule has 0 saturated carbocycles. The number of hydrogen-bond donors (Lipinski definition) is 1. The molecule has 2 aromatic rings.